The van der Waals surface area contributed by atoms with Crippen molar-refractivity contribution in [2.75, 3.05) is 13.1 Å². The Balaban J connectivity index is 1.97. The highest BCUT2D eigenvalue weighted by Gasteiger charge is 2.15. The number of carbonyl (C=O) groups excluding carboxylic acids is 1. The van der Waals surface area contributed by atoms with Gasteiger partial charge in [-0.1, -0.05) is 12.1 Å². The summed E-state index contributed by atoms with van der Waals surface area (Å²) < 4.78 is 5.25. The lowest BCUT2D eigenvalue weighted by Gasteiger charge is -2.18. The Morgan fingerprint density at radius 1 is 1.45 bits per heavy atom. The zero-order valence-electron chi connectivity index (χ0n) is 13.1. The number of aromatic nitrogens is 3. The molecule has 7 heteroatoms. The average molecular weight is 303 g/mol. The largest absolute Gasteiger partial charge is 0.353 e. The summed E-state index contributed by atoms with van der Waals surface area (Å²) in [5.41, 5.74) is 0.804. The van der Waals surface area contributed by atoms with Gasteiger partial charge in [-0.15, -0.1) is 0 Å². The fourth-order valence-electron chi connectivity index (χ4n) is 1.97. The number of amides is 1. The maximum absolute atomic E-state index is 11.8. The van der Waals surface area contributed by atoms with Crippen LogP contribution in [-0.2, 0) is 11.3 Å². The van der Waals surface area contributed by atoms with Crippen LogP contribution in [0.3, 0.4) is 0 Å². The Morgan fingerprint density at radius 3 is 2.91 bits per heavy atom. The highest BCUT2D eigenvalue weighted by Crippen LogP contribution is 2.14. The van der Waals surface area contributed by atoms with Crippen LogP contribution in [0.4, 0.5) is 0 Å². The zero-order valence-corrected chi connectivity index (χ0v) is 13.1. The first-order chi connectivity index (χ1) is 10.6. The van der Waals surface area contributed by atoms with Crippen LogP contribution in [0.25, 0.3) is 11.4 Å². The molecule has 2 rings (SSSR count). The minimum Gasteiger partial charge on any atom is -0.353 e. The van der Waals surface area contributed by atoms with E-state index in [4.69, 9.17) is 4.52 Å². The van der Waals surface area contributed by atoms with Crippen LogP contribution in [0.15, 0.2) is 29.0 Å². The van der Waals surface area contributed by atoms with Gasteiger partial charge >= 0.3 is 0 Å². The Bertz CT molecular complexity index is 597. The lowest BCUT2D eigenvalue weighted by molar-refractivity contribution is -0.122. The Labute approximate surface area is 129 Å². The van der Waals surface area contributed by atoms with E-state index in [1.54, 1.807) is 12.4 Å². The molecule has 0 aliphatic heterocycles. The van der Waals surface area contributed by atoms with Crippen molar-refractivity contribution in [1.29, 1.82) is 0 Å². The van der Waals surface area contributed by atoms with Gasteiger partial charge in [0.25, 0.3) is 0 Å². The van der Waals surface area contributed by atoms with Gasteiger partial charge < -0.3 is 9.84 Å². The van der Waals surface area contributed by atoms with Crippen molar-refractivity contribution in [2.24, 2.45) is 0 Å². The molecule has 0 atom stereocenters. The smallest absolute Gasteiger partial charge is 0.241 e. The van der Waals surface area contributed by atoms with E-state index in [1.165, 1.54) is 0 Å². The number of likely N-dealkylation sites (N-methyl/N-ethyl adjacent to an activating group) is 1. The van der Waals surface area contributed by atoms with Crippen molar-refractivity contribution in [3.05, 3.63) is 30.4 Å². The lowest BCUT2D eigenvalue weighted by atomic mass is 10.3. The first-order valence-corrected chi connectivity index (χ1v) is 7.33. The molecule has 0 aliphatic carbocycles. The van der Waals surface area contributed by atoms with Crippen molar-refractivity contribution in [3.8, 4) is 11.4 Å². The van der Waals surface area contributed by atoms with Gasteiger partial charge in [0.15, 0.2) is 0 Å². The van der Waals surface area contributed by atoms with Gasteiger partial charge in [0, 0.05) is 24.0 Å². The third-order valence-corrected chi connectivity index (χ3v) is 3.01. The molecule has 2 aromatic rings. The predicted molar refractivity (Wildman–Crippen MR) is 81.8 cm³/mol. The van der Waals surface area contributed by atoms with Gasteiger partial charge in [-0.3, -0.25) is 14.7 Å². The fourth-order valence-corrected chi connectivity index (χ4v) is 1.97. The summed E-state index contributed by atoms with van der Waals surface area (Å²) in [5.74, 6) is 0.979. The maximum atomic E-state index is 11.8. The van der Waals surface area contributed by atoms with E-state index in [1.807, 2.05) is 37.8 Å². The minimum atomic E-state index is -0.0103. The third-order valence-electron chi connectivity index (χ3n) is 3.01. The molecule has 118 valence electrons. The van der Waals surface area contributed by atoms with E-state index >= 15 is 0 Å². The van der Waals surface area contributed by atoms with Crippen LogP contribution in [0.1, 0.15) is 26.7 Å². The van der Waals surface area contributed by atoms with Crippen molar-refractivity contribution < 1.29 is 9.32 Å². The molecule has 0 saturated heterocycles. The second-order valence-electron chi connectivity index (χ2n) is 5.28. The van der Waals surface area contributed by atoms with Crippen LogP contribution < -0.4 is 5.32 Å². The van der Waals surface area contributed by atoms with Gasteiger partial charge in [0.2, 0.25) is 17.6 Å². The summed E-state index contributed by atoms with van der Waals surface area (Å²) in [6.07, 6.45) is 3.37. The van der Waals surface area contributed by atoms with E-state index in [-0.39, 0.29) is 11.9 Å². The molecular formula is C15H21N5O2. The number of nitrogens with zero attached hydrogens (tertiary/aromatic N) is 4. The number of rotatable bonds is 7. The SMILES string of the molecule is CCN(CC(=O)NC(C)C)Cc1nc(-c2cccnc2)no1. The van der Waals surface area contributed by atoms with Crippen molar-refractivity contribution in [2.45, 2.75) is 33.4 Å². The Morgan fingerprint density at radius 2 is 2.27 bits per heavy atom. The second kappa shape index (κ2) is 7.65. The Hall–Kier alpha value is -2.28. The molecule has 1 amide bonds. The van der Waals surface area contributed by atoms with Gasteiger partial charge in [0.05, 0.1) is 13.1 Å². The van der Waals surface area contributed by atoms with Gasteiger partial charge in [0.1, 0.15) is 0 Å². The predicted octanol–water partition coefficient (Wildman–Crippen LogP) is 1.48. The highest BCUT2D eigenvalue weighted by molar-refractivity contribution is 5.78. The highest BCUT2D eigenvalue weighted by atomic mass is 16.5. The number of pyridine rings is 1. The van der Waals surface area contributed by atoms with Gasteiger partial charge in [-0.25, -0.2) is 0 Å². The molecule has 2 aromatic heterocycles. The molecule has 22 heavy (non-hydrogen) atoms. The van der Waals surface area contributed by atoms with Crippen molar-refractivity contribution >= 4 is 5.91 Å². The summed E-state index contributed by atoms with van der Waals surface area (Å²) in [6.45, 7) is 7.32. The van der Waals surface area contributed by atoms with E-state index in [2.05, 4.69) is 20.4 Å². The van der Waals surface area contributed by atoms with Gasteiger partial charge in [-0.2, -0.15) is 4.98 Å². The number of hydrogen-bond acceptors (Lipinski definition) is 6. The monoisotopic (exact) mass is 303 g/mol. The normalized spacial score (nSPS) is 11.1. The molecule has 2 heterocycles. The van der Waals surface area contributed by atoms with E-state index in [9.17, 15) is 4.79 Å². The van der Waals surface area contributed by atoms with Crippen molar-refractivity contribution in [1.82, 2.24) is 25.3 Å². The van der Waals surface area contributed by atoms with E-state index in [0.29, 0.717) is 24.8 Å². The zero-order chi connectivity index (χ0) is 15.9. The quantitative estimate of drug-likeness (QED) is 0.834. The van der Waals surface area contributed by atoms with Crippen LogP contribution in [-0.4, -0.2) is 45.1 Å². The van der Waals surface area contributed by atoms with Crippen LogP contribution >= 0.6 is 0 Å². The first kappa shape index (κ1) is 16.1. The Kier molecular flexibility index (Phi) is 5.60. The maximum Gasteiger partial charge on any atom is 0.241 e. The topological polar surface area (TPSA) is 84.2 Å². The van der Waals surface area contributed by atoms with Crippen molar-refractivity contribution in [3.63, 3.8) is 0 Å². The number of hydrogen-bond donors (Lipinski definition) is 1. The summed E-state index contributed by atoms with van der Waals surface area (Å²) in [4.78, 5) is 22.1. The summed E-state index contributed by atoms with van der Waals surface area (Å²) in [5, 5.41) is 6.82. The molecule has 7 nitrogen and oxygen atoms in total. The minimum absolute atomic E-state index is 0.0103. The van der Waals surface area contributed by atoms with Crippen LogP contribution in [0.5, 0.6) is 0 Å². The summed E-state index contributed by atoms with van der Waals surface area (Å²) in [7, 11) is 0. The van der Waals surface area contributed by atoms with E-state index < -0.39 is 0 Å². The van der Waals surface area contributed by atoms with Crippen LogP contribution in [0, 0.1) is 0 Å². The summed E-state index contributed by atoms with van der Waals surface area (Å²) in [6, 6.07) is 3.82. The summed E-state index contributed by atoms with van der Waals surface area (Å²) >= 11 is 0. The molecule has 0 radical (unpaired) electrons. The lowest BCUT2D eigenvalue weighted by Crippen LogP contribution is -2.39. The third kappa shape index (κ3) is 4.63. The van der Waals surface area contributed by atoms with Gasteiger partial charge in [-0.05, 0) is 32.5 Å². The molecule has 0 aliphatic rings. The molecule has 0 saturated carbocycles. The molecule has 1 N–H and O–H groups in total. The molecular weight excluding hydrogens is 282 g/mol. The molecule has 0 fully saturated rings. The molecule has 0 bridgehead atoms. The van der Waals surface area contributed by atoms with Crippen LogP contribution in [0.2, 0.25) is 0 Å². The average Bonchev–Trinajstić information content (AvgIpc) is 2.95. The number of nitrogens with one attached hydrogen (secondary N) is 1. The second-order valence-corrected chi connectivity index (χ2v) is 5.28. The standard InChI is InChI=1S/C15H21N5O2/c1-4-20(9-13(21)17-11(2)3)10-14-18-15(19-22-14)12-6-5-7-16-8-12/h5-8,11H,4,9-10H2,1-3H3,(H,17,21). The molecule has 0 aromatic carbocycles. The van der Waals surface area contributed by atoms with E-state index in [0.717, 1.165) is 12.1 Å². The molecule has 0 spiro atoms. The first-order valence-electron chi connectivity index (χ1n) is 7.33. The number of carbonyl (C=O) groups is 1. The fraction of sp³-hybridized carbons (Fsp3) is 0.467. The molecule has 0 unspecified atom stereocenters.